The fourth-order valence-electron chi connectivity index (χ4n) is 1.64. The maximum Gasteiger partial charge on any atom is 0.342 e. The van der Waals surface area contributed by atoms with Crippen LogP contribution in [0.2, 0.25) is 0 Å². The molecule has 0 saturated heterocycles. The Morgan fingerprint density at radius 1 is 1.53 bits per heavy atom. The number of halogens is 1. The van der Waals surface area contributed by atoms with Crippen molar-refractivity contribution in [2.45, 2.75) is 20.1 Å². The summed E-state index contributed by atoms with van der Waals surface area (Å²) >= 11 is 0. The van der Waals surface area contributed by atoms with Gasteiger partial charge in [0.05, 0.1) is 0 Å². The van der Waals surface area contributed by atoms with Crippen molar-refractivity contribution < 1.29 is 19.0 Å². The van der Waals surface area contributed by atoms with Gasteiger partial charge in [0.2, 0.25) is 0 Å². The summed E-state index contributed by atoms with van der Waals surface area (Å²) in [6.45, 7) is 2.54. The van der Waals surface area contributed by atoms with Gasteiger partial charge in [0.15, 0.2) is 5.82 Å². The molecule has 0 aliphatic carbocycles. The van der Waals surface area contributed by atoms with E-state index in [1.807, 2.05) is 6.92 Å². The minimum atomic E-state index is -1.37. The molecule has 1 aromatic carbocycles. The molecule has 1 N–H and O–H groups in total. The summed E-state index contributed by atoms with van der Waals surface area (Å²) in [5.74, 6) is -1.69. The molecule has 2 rings (SSSR count). The van der Waals surface area contributed by atoms with Crippen LogP contribution in [0, 0.1) is 5.82 Å². The fourth-order valence-corrected chi connectivity index (χ4v) is 1.64. The predicted octanol–water partition coefficient (Wildman–Crippen LogP) is 1.71. The minimum Gasteiger partial charge on any atom is -0.485 e. The van der Waals surface area contributed by atoms with Crippen molar-refractivity contribution in [3.05, 3.63) is 41.7 Å². The molecule has 100 valence electrons. The Morgan fingerprint density at radius 2 is 2.32 bits per heavy atom. The summed E-state index contributed by atoms with van der Waals surface area (Å²) in [4.78, 5) is 15.0. The fraction of sp³-hybridized carbons (Fsp3) is 0.250. The molecule has 0 amide bonds. The molecule has 0 spiro atoms. The smallest absolute Gasteiger partial charge is 0.342 e. The van der Waals surface area contributed by atoms with Crippen LogP contribution in [0.4, 0.5) is 4.39 Å². The van der Waals surface area contributed by atoms with Gasteiger partial charge in [-0.05, 0) is 19.1 Å². The average Bonchev–Trinajstić information content (AvgIpc) is 2.83. The van der Waals surface area contributed by atoms with Gasteiger partial charge in [-0.25, -0.2) is 18.9 Å². The quantitative estimate of drug-likeness (QED) is 0.890. The molecule has 0 aliphatic heterocycles. The number of rotatable bonds is 5. The number of nitrogens with zero attached hydrogens (tertiary/aromatic N) is 3. The largest absolute Gasteiger partial charge is 0.485 e. The number of hydrogen-bond donors (Lipinski definition) is 1. The molecule has 2 aromatic rings. The van der Waals surface area contributed by atoms with Gasteiger partial charge in [-0.3, -0.25) is 0 Å². The van der Waals surface area contributed by atoms with Gasteiger partial charge in [0.1, 0.15) is 30.1 Å². The first-order valence-electron chi connectivity index (χ1n) is 5.64. The normalized spacial score (nSPS) is 10.4. The zero-order chi connectivity index (χ0) is 13.8. The highest BCUT2D eigenvalue weighted by Crippen LogP contribution is 2.22. The maximum absolute atomic E-state index is 13.4. The topological polar surface area (TPSA) is 77.2 Å². The lowest BCUT2D eigenvalue weighted by molar-refractivity contribution is 0.0686. The number of benzene rings is 1. The Hall–Kier alpha value is -2.44. The maximum atomic E-state index is 13.4. The van der Waals surface area contributed by atoms with Gasteiger partial charge in [0, 0.05) is 6.54 Å². The van der Waals surface area contributed by atoms with Gasteiger partial charge in [-0.2, -0.15) is 5.10 Å². The number of carbonyl (C=O) groups is 1. The lowest BCUT2D eigenvalue weighted by atomic mass is 10.2. The summed E-state index contributed by atoms with van der Waals surface area (Å²) in [7, 11) is 0. The number of hydrogen-bond acceptors (Lipinski definition) is 4. The lowest BCUT2D eigenvalue weighted by Crippen LogP contribution is -2.10. The van der Waals surface area contributed by atoms with Crippen LogP contribution in [0.25, 0.3) is 0 Å². The van der Waals surface area contributed by atoms with E-state index in [4.69, 9.17) is 9.84 Å². The molecule has 0 bridgehead atoms. The first-order valence-corrected chi connectivity index (χ1v) is 5.64. The van der Waals surface area contributed by atoms with Crippen molar-refractivity contribution in [3.63, 3.8) is 0 Å². The van der Waals surface area contributed by atoms with Gasteiger partial charge < -0.3 is 9.84 Å². The van der Waals surface area contributed by atoms with Gasteiger partial charge in [-0.1, -0.05) is 6.07 Å². The molecule has 0 fully saturated rings. The summed E-state index contributed by atoms with van der Waals surface area (Å²) < 4.78 is 20.4. The van der Waals surface area contributed by atoms with Crippen LogP contribution >= 0.6 is 0 Å². The van der Waals surface area contributed by atoms with E-state index in [0.717, 1.165) is 6.07 Å². The van der Waals surface area contributed by atoms with E-state index in [9.17, 15) is 9.18 Å². The molecule has 7 heteroatoms. The molecule has 0 atom stereocenters. The number of carboxylic acids is 1. The van der Waals surface area contributed by atoms with E-state index >= 15 is 0 Å². The third kappa shape index (κ3) is 2.70. The van der Waals surface area contributed by atoms with E-state index in [2.05, 4.69) is 10.1 Å². The molecule has 0 radical (unpaired) electrons. The highest BCUT2D eigenvalue weighted by atomic mass is 19.1. The first kappa shape index (κ1) is 13.0. The highest BCUT2D eigenvalue weighted by Gasteiger charge is 2.17. The Bertz CT molecular complexity index is 598. The van der Waals surface area contributed by atoms with E-state index in [0.29, 0.717) is 12.4 Å². The Kier molecular flexibility index (Phi) is 3.74. The third-order valence-electron chi connectivity index (χ3n) is 2.54. The van der Waals surface area contributed by atoms with E-state index in [1.165, 1.54) is 18.5 Å². The second kappa shape index (κ2) is 5.47. The summed E-state index contributed by atoms with van der Waals surface area (Å²) in [5, 5.41) is 12.9. The number of ether oxygens (including phenoxy) is 1. The SMILES string of the molecule is CCn1ncnc1COc1cccc(F)c1C(=O)O. The van der Waals surface area contributed by atoms with E-state index in [1.54, 1.807) is 4.68 Å². The Balaban J connectivity index is 2.20. The average molecular weight is 265 g/mol. The summed E-state index contributed by atoms with van der Waals surface area (Å²) in [5.41, 5.74) is -0.481. The molecule has 19 heavy (non-hydrogen) atoms. The molecule has 0 saturated carbocycles. The van der Waals surface area contributed by atoms with Crippen molar-refractivity contribution in [2.24, 2.45) is 0 Å². The summed E-state index contributed by atoms with van der Waals surface area (Å²) in [6.07, 6.45) is 1.38. The third-order valence-corrected chi connectivity index (χ3v) is 2.54. The van der Waals surface area contributed by atoms with Crippen LogP contribution in [0.1, 0.15) is 23.1 Å². The van der Waals surface area contributed by atoms with Crippen LogP contribution in [0.3, 0.4) is 0 Å². The van der Waals surface area contributed by atoms with Gasteiger partial charge in [0.25, 0.3) is 0 Å². The summed E-state index contributed by atoms with van der Waals surface area (Å²) in [6, 6.07) is 3.87. The molecular weight excluding hydrogens is 253 g/mol. The van der Waals surface area contributed by atoms with Gasteiger partial charge >= 0.3 is 5.97 Å². The van der Waals surface area contributed by atoms with Crippen molar-refractivity contribution >= 4 is 5.97 Å². The number of aromatic nitrogens is 3. The monoisotopic (exact) mass is 265 g/mol. The minimum absolute atomic E-state index is 0.0254. The molecule has 1 aromatic heterocycles. The predicted molar refractivity (Wildman–Crippen MR) is 63.4 cm³/mol. The van der Waals surface area contributed by atoms with Gasteiger partial charge in [-0.15, -0.1) is 0 Å². The number of aromatic carboxylic acids is 1. The number of carboxylic acid groups (broad SMARTS) is 1. The lowest BCUT2D eigenvalue weighted by Gasteiger charge is -2.09. The van der Waals surface area contributed by atoms with Crippen molar-refractivity contribution in [3.8, 4) is 5.75 Å². The zero-order valence-corrected chi connectivity index (χ0v) is 10.2. The molecule has 0 unspecified atom stereocenters. The van der Waals surface area contributed by atoms with E-state index < -0.39 is 17.3 Å². The Labute approximate surface area is 108 Å². The van der Waals surface area contributed by atoms with Crippen molar-refractivity contribution in [2.75, 3.05) is 0 Å². The van der Waals surface area contributed by atoms with E-state index in [-0.39, 0.29) is 12.4 Å². The second-order valence-electron chi connectivity index (χ2n) is 3.70. The second-order valence-corrected chi connectivity index (χ2v) is 3.70. The zero-order valence-electron chi connectivity index (χ0n) is 10.2. The molecule has 1 heterocycles. The number of aryl methyl sites for hydroxylation is 1. The van der Waals surface area contributed by atoms with Crippen LogP contribution in [-0.2, 0) is 13.2 Å². The van der Waals surface area contributed by atoms with Crippen LogP contribution in [0.5, 0.6) is 5.75 Å². The van der Waals surface area contributed by atoms with Crippen LogP contribution in [-0.4, -0.2) is 25.8 Å². The van der Waals surface area contributed by atoms with Crippen molar-refractivity contribution in [1.82, 2.24) is 14.8 Å². The first-order chi connectivity index (χ1) is 9.13. The van der Waals surface area contributed by atoms with Crippen LogP contribution < -0.4 is 4.74 Å². The molecular formula is C12H12FN3O3. The Morgan fingerprint density at radius 3 is 3.00 bits per heavy atom. The molecule has 6 nitrogen and oxygen atoms in total. The van der Waals surface area contributed by atoms with Crippen LogP contribution in [0.15, 0.2) is 24.5 Å². The standard InChI is InChI=1S/C12H12FN3O3/c1-2-16-10(14-7-15-16)6-19-9-5-3-4-8(13)11(9)12(17)18/h3-5,7H,2,6H2,1H3,(H,17,18). The highest BCUT2D eigenvalue weighted by molar-refractivity contribution is 5.91. The molecule has 0 aliphatic rings. The van der Waals surface area contributed by atoms with Crippen molar-refractivity contribution in [1.29, 1.82) is 0 Å².